The minimum absolute atomic E-state index is 0.00742. The second kappa shape index (κ2) is 10.2. The molecule has 6 nitrogen and oxygen atoms in total. The predicted molar refractivity (Wildman–Crippen MR) is 123 cm³/mol. The van der Waals surface area contributed by atoms with E-state index in [1.807, 2.05) is 11.1 Å². The molecule has 1 aliphatic rings. The van der Waals surface area contributed by atoms with Crippen molar-refractivity contribution in [3.63, 3.8) is 0 Å². The van der Waals surface area contributed by atoms with Crippen LogP contribution in [0.25, 0.3) is 11.3 Å². The zero-order chi connectivity index (χ0) is 21.6. The molecule has 1 N–H and O–H groups in total. The number of piperidine rings is 1. The van der Waals surface area contributed by atoms with Crippen LogP contribution in [0.1, 0.15) is 33.6 Å². The first kappa shape index (κ1) is 22.4. The van der Waals surface area contributed by atoms with Crippen LogP contribution >= 0.6 is 11.8 Å². The van der Waals surface area contributed by atoms with Crippen LogP contribution in [-0.4, -0.2) is 53.5 Å². The number of carbonyl (C=O) groups excluding carboxylic acids is 1. The van der Waals surface area contributed by atoms with Crippen LogP contribution in [0, 0.1) is 11.3 Å². The molecule has 2 heterocycles. The van der Waals surface area contributed by atoms with Gasteiger partial charge in [-0.2, -0.15) is 0 Å². The van der Waals surface area contributed by atoms with E-state index in [1.165, 1.54) is 4.90 Å². The van der Waals surface area contributed by atoms with Gasteiger partial charge in [0, 0.05) is 30.1 Å². The van der Waals surface area contributed by atoms with Crippen LogP contribution in [0.4, 0.5) is 10.6 Å². The molecule has 0 aliphatic carbocycles. The van der Waals surface area contributed by atoms with Crippen molar-refractivity contribution >= 4 is 23.7 Å². The monoisotopic (exact) mass is 428 g/mol. The number of nitrogens with zero attached hydrogens (tertiary/aromatic N) is 3. The smallest absolute Gasteiger partial charge is 0.409 e. The van der Waals surface area contributed by atoms with Crippen molar-refractivity contribution in [2.45, 2.75) is 38.5 Å². The predicted octanol–water partition coefficient (Wildman–Crippen LogP) is 5.17. The highest BCUT2D eigenvalue weighted by Crippen LogP contribution is 2.22. The SMILES string of the molecule is CSc1ccc(-c2cnc(NCC3CCN(C(=O)OCC(C)(C)C)CC3)cn2)cc1. The van der Waals surface area contributed by atoms with E-state index in [9.17, 15) is 4.79 Å². The molecule has 3 rings (SSSR count). The molecule has 0 bridgehead atoms. The van der Waals surface area contributed by atoms with Gasteiger partial charge in [0.2, 0.25) is 0 Å². The van der Waals surface area contributed by atoms with E-state index in [4.69, 9.17) is 4.74 Å². The van der Waals surface area contributed by atoms with E-state index in [0.717, 1.165) is 49.6 Å². The lowest BCUT2D eigenvalue weighted by Crippen LogP contribution is -2.41. The van der Waals surface area contributed by atoms with Gasteiger partial charge < -0.3 is 15.0 Å². The highest BCUT2D eigenvalue weighted by Gasteiger charge is 2.25. The molecule has 0 spiro atoms. The average Bonchev–Trinajstić information content (AvgIpc) is 2.76. The third-order valence-electron chi connectivity index (χ3n) is 5.11. The number of hydrogen-bond donors (Lipinski definition) is 1. The van der Waals surface area contributed by atoms with Crippen LogP contribution in [-0.2, 0) is 4.74 Å². The van der Waals surface area contributed by atoms with Crippen molar-refractivity contribution in [1.29, 1.82) is 0 Å². The Morgan fingerprint density at radius 3 is 2.43 bits per heavy atom. The number of thioether (sulfide) groups is 1. The largest absolute Gasteiger partial charge is 0.449 e. The average molecular weight is 429 g/mol. The summed E-state index contributed by atoms with van der Waals surface area (Å²) in [7, 11) is 0. The number of likely N-dealkylation sites (tertiary alicyclic amines) is 1. The molecular weight excluding hydrogens is 396 g/mol. The summed E-state index contributed by atoms with van der Waals surface area (Å²) in [4.78, 5) is 24.3. The Balaban J connectivity index is 1.42. The zero-order valence-corrected chi connectivity index (χ0v) is 19.2. The van der Waals surface area contributed by atoms with Gasteiger partial charge in [-0.15, -0.1) is 11.8 Å². The number of nitrogens with one attached hydrogen (secondary N) is 1. The van der Waals surface area contributed by atoms with Gasteiger partial charge in [-0.3, -0.25) is 4.98 Å². The number of hydrogen-bond acceptors (Lipinski definition) is 6. The molecule has 1 saturated heterocycles. The summed E-state index contributed by atoms with van der Waals surface area (Å²) in [6.45, 7) is 8.96. The standard InChI is InChI=1S/C23H32N4O2S/c1-23(2,3)16-29-22(28)27-11-9-17(10-12-27)13-25-21-15-24-20(14-26-21)18-5-7-19(30-4)8-6-18/h5-8,14-15,17H,9-13,16H2,1-4H3,(H,25,26). The van der Waals surface area contributed by atoms with E-state index >= 15 is 0 Å². The van der Waals surface area contributed by atoms with Gasteiger partial charge >= 0.3 is 6.09 Å². The molecule has 0 radical (unpaired) electrons. The van der Waals surface area contributed by atoms with Crippen molar-refractivity contribution in [2.75, 3.05) is 37.8 Å². The van der Waals surface area contributed by atoms with Gasteiger partial charge in [-0.25, -0.2) is 9.78 Å². The minimum atomic E-state index is -0.191. The normalized spacial score (nSPS) is 15.1. The summed E-state index contributed by atoms with van der Waals surface area (Å²) < 4.78 is 5.42. The molecule has 1 fully saturated rings. The zero-order valence-electron chi connectivity index (χ0n) is 18.4. The summed E-state index contributed by atoms with van der Waals surface area (Å²) >= 11 is 1.73. The second-order valence-electron chi connectivity index (χ2n) is 8.94. The lowest BCUT2D eigenvalue weighted by atomic mass is 9.97. The van der Waals surface area contributed by atoms with Crippen LogP contribution in [0.5, 0.6) is 0 Å². The molecular formula is C23H32N4O2S. The lowest BCUT2D eigenvalue weighted by Gasteiger charge is -2.32. The maximum Gasteiger partial charge on any atom is 0.409 e. The highest BCUT2D eigenvalue weighted by molar-refractivity contribution is 7.98. The lowest BCUT2D eigenvalue weighted by molar-refractivity contribution is 0.0627. The summed E-state index contributed by atoms with van der Waals surface area (Å²) in [5, 5.41) is 3.39. The van der Waals surface area contributed by atoms with E-state index < -0.39 is 0 Å². The number of aromatic nitrogens is 2. The van der Waals surface area contributed by atoms with Crippen LogP contribution in [0.2, 0.25) is 0 Å². The van der Waals surface area contributed by atoms with Crippen molar-refractivity contribution < 1.29 is 9.53 Å². The number of ether oxygens (including phenoxy) is 1. The molecule has 1 amide bonds. The second-order valence-corrected chi connectivity index (χ2v) is 9.82. The van der Waals surface area contributed by atoms with Gasteiger partial charge in [-0.1, -0.05) is 32.9 Å². The Kier molecular flexibility index (Phi) is 7.58. The number of rotatable bonds is 6. The number of carbonyl (C=O) groups is 1. The van der Waals surface area contributed by atoms with E-state index in [0.29, 0.717) is 12.5 Å². The topological polar surface area (TPSA) is 67.4 Å². The first-order valence-electron chi connectivity index (χ1n) is 10.5. The minimum Gasteiger partial charge on any atom is -0.449 e. The van der Waals surface area contributed by atoms with Crippen LogP contribution < -0.4 is 5.32 Å². The van der Waals surface area contributed by atoms with Crippen molar-refractivity contribution in [3.8, 4) is 11.3 Å². The van der Waals surface area contributed by atoms with Gasteiger partial charge in [-0.05, 0) is 42.6 Å². The molecule has 30 heavy (non-hydrogen) atoms. The fraction of sp³-hybridized carbons (Fsp3) is 0.522. The Hall–Kier alpha value is -2.28. The molecule has 2 aromatic rings. The van der Waals surface area contributed by atoms with Crippen molar-refractivity contribution in [1.82, 2.24) is 14.9 Å². The summed E-state index contributed by atoms with van der Waals surface area (Å²) in [6, 6.07) is 8.34. The Morgan fingerprint density at radius 1 is 1.17 bits per heavy atom. The summed E-state index contributed by atoms with van der Waals surface area (Å²) in [6.07, 6.45) is 7.40. The van der Waals surface area contributed by atoms with E-state index in [2.05, 4.69) is 66.6 Å². The van der Waals surface area contributed by atoms with Gasteiger partial charge in [0.25, 0.3) is 0 Å². The third kappa shape index (κ3) is 6.62. The van der Waals surface area contributed by atoms with Crippen molar-refractivity contribution in [3.05, 3.63) is 36.7 Å². The first-order valence-corrected chi connectivity index (χ1v) is 11.7. The summed E-state index contributed by atoms with van der Waals surface area (Å²) in [5.41, 5.74) is 1.93. The molecule has 0 saturated carbocycles. The fourth-order valence-electron chi connectivity index (χ4n) is 3.27. The first-order chi connectivity index (χ1) is 14.3. The molecule has 1 aliphatic heterocycles. The van der Waals surface area contributed by atoms with Crippen LogP contribution in [0.3, 0.4) is 0 Å². The maximum atomic E-state index is 12.2. The maximum absolute atomic E-state index is 12.2. The molecule has 1 aromatic carbocycles. The highest BCUT2D eigenvalue weighted by atomic mass is 32.2. The quantitative estimate of drug-likeness (QED) is 0.640. The van der Waals surface area contributed by atoms with Crippen molar-refractivity contribution in [2.24, 2.45) is 11.3 Å². The number of benzene rings is 1. The Labute approximate surface area is 183 Å². The van der Waals surface area contributed by atoms with Crippen LogP contribution in [0.15, 0.2) is 41.6 Å². The van der Waals surface area contributed by atoms with Gasteiger partial charge in [0.15, 0.2) is 0 Å². The number of anilines is 1. The Morgan fingerprint density at radius 2 is 1.87 bits per heavy atom. The fourth-order valence-corrected chi connectivity index (χ4v) is 3.68. The summed E-state index contributed by atoms with van der Waals surface area (Å²) in [5.74, 6) is 1.30. The molecule has 0 atom stereocenters. The molecule has 0 unspecified atom stereocenters. The van der Waals surface area contributed by atoms with Gasteiger partial charge in [0.05, 0.1) is 24.7 Å². The molecule has 1 aromatic heterocycles. The van der Waals surface area contributed by atoms with Gasteiger partial charge in [0.1, 0.15) is 5.82 Å². The molecule has 7 heteroatoms. The number of amides is 1. The Bertz CT molecular complexity index is 811. The third-order valence-corrected chi connectivity index (χ3v) is 5.85. The van der Waals surface area contributed by atoms with E-state index in [-0.39, 0.29) is 11.5 Å². The van der Waals surface area contributed by atoms with E-state index in [1.54, 1.807) is 18.0 Å². The molecule has 162 valence electrons.